The van der Waals surface area contributed by atoms with E-state index in [2.05, 4.69) is 20.4 Å². The molecule has 0 aliphatic heterocycles. The van der Waals surface area contributed by atoms with Crippen LogP contribution in [0.25, 0.3) is 16.9 Å². The Morgan fingerprint density at radius 1 is 1.00 bits per heavy atom. The van der Waals surface area contributed by atoms with Gasteiger partial charge in [-0.2, -0.15) is 5.10 Å². The Bertz CT molecular complexity index is 1390. The number of benzene rings is 1. The molecule has 0 saturated carbocycles. The minimum Gasteiger partial charge on any atom is -0.322 e. The number of thiophene rings is 1. The first kappa shape index (κ1) is 18.8. The van der Waals surface area contributed by atoms with E-state index in [-0.39, 0.29) is 11.7 Å². The van der Waals surface area contributed by atoms with Gasteiger partial charge in [-0.25, -0.2) is 9.50 Å². The second-order valence-corrected chi connectivity index (χ2v) is 7.66. The average Bonchev–Trinajstić information content (AvgIpc) is 3.49. The van der Waals surface area contributed by atoms with Crippen LogP contribution in [0.3, 0.4) is 0 Å². The maximum Gasteiger partial charge on any atom is 0.255 e. The standard InChI is InChI=1S/C23H15N5O2S/c29-21(20-5-2-12-31-20)18-14-25-28-11-8-19(27-22(18)28)16-3-1-4-17(13-16)26-23(30)15-6-9-24-10-7-15/h1-14H,(H,26,30). The summed E-state index contributed by atoms with van der Waals surface area (Å²) in [6.07, 6.45) is 6.46. The Balaban J connectivity index is 1.47. The largest absolute Gasteiger partial charge is 0.322 e. The third kappa shape index (κ3) is 3.72. The van der Waals surface area contributed by atoms with Crippen LogP contribution in [0.15, 0.2) is 84.8 Å². The molecule has 1 N–H and O–H groups in total. The molecule has 0 atom stereocenters. The van der Waals surface area contributed by atoms with Crippen molar-refractivity contribution in [3.63, 3.8) is 0 Å². The number of pyridine rings is 1. The molecule has 1 aromatic carbocycles. The summed E-state index contributed by atoms with van der Waals surface area (Å²) in [5.74, 6) is -0.324. The fourth-order valence-electron chi connectivity index (χ4n) is 3.19. The highest BCUT2D eigenvalue weighted by atomic mass is 32.1. The van der Waals surface area contributed by atoms with Gasteiger partial charge in [0.25, 0.3) is 5.91 Å². The topological polar surface area (TPSA) is 89.3 Å². The zero-order chi connectivity index (χ0) is 21.2. The monoisotopic (exact) mass is 425 g/mol. The molecule has 0 spiro atoms. The normalized spacial score (nSPS) is 10.8. The Hall–Kier alpha value is -4.17. The zero-order valence-corrected chi connectivity index (χ0v) is 16.9. The summed E-state index contributed by atoms with van der Waals surface area (Å²) in [5.41, 5.74) is 3.59. The van der Waals surface area contributed by atoms with Gasteiger partial charge in [-0.05, 0) is 41.8 Å². The number of aromatic nitrogens is 4. The number of ketones is 1. The minimum atomic E-state index is -0.220. The predicted octanol–water partition coefficient (Wildman–Crippen LogP) is 4.34. The Morgan fingerprint density at radius 3 is 2.68 bits per heavy atom. The van der Waals surface area contributed by atoms with Crippen LogP contribution in [0.1, 0.15) is 25.6 Å². The number of carbonyl (C=O) groups excluding carboxylic acids is 2. The molecule has 7 nitrogen and oxygen atoms in total. The molecule has 4 heterocycles. The molecule has 0 saturated heterocycles. The third-order valence-corrected chi connectivity index (χ3v) is 5.59. The van der Waals surface area contributed by atoms with Gasteiger partial charge in [0.2, 0.25) is 5.78 Å². The van der Waals surface area contributed by atoms with Gasteiger partial charge in [0.15, 0.2) is 5.65 Å². The lowest BCUT2D eigenvalue weighted by molar-refractivity contribution is 0.102. The fraction of sp³-hybridized carbons (Fsp3) is 0. The molecule has 0 aliphatic carbocycles. The Labute approximate surface area is 181 Å². The molecule has 1 amide bonds. The van der Waals surface area contributed by atoms with Gasteiger partial charge in [-0.15, -0.1) is 11.3 Å². The summed E-state index contributed by atoms with van der Waals surface area (Å²) in [5, 5.41) is 9.00. The number of hydrogen-bond acceptors (Lipinski definition) is 6. The van der Waals surface area contributed by atoms with Crippen LogP contribution in [0.5, 0.6) is 0 Å². The maximum absolute atomic E-state index is 12.8. The highest BCUT2D eigenvalue weighted by Gasteiger charge is 2.17. The summed E-state index contributed by atoms with van der Waals surface area (Å²) >= 11 is 1.39. The van der Waals surface area contributed by atoms with E-state index < -0.39 is 0 Å². The van der Waals surface area contributed by atoms with Gasteiger partial charge in [-0.3, -0.25) is 14.6 Å². The number of nitrogens with one attached hydrogen (secondary N) is 1. The molecular formula is C23H15N5O2S. The first-order chi connectivity index (χ1) is 15.2. The van der Waals surface area contributed by atoms with Gasteiger partial charge < -0.3 is 5.32 Å². The summed E-state index contributed by atoms with van der Waals surface area (Å²) in [4.78, 5) is 34.5. The van der Waals surface area contributed by atoms with E-state index in [4.69, 9.17) is 0 Å². The van der Waals surface area contributed by atoms with Crippen LogP contribution in [-0.4, -0.2) is 31.3 Å². The van der Waals surface area contributed by atoms with E-state index in [0.717, 1.165) is 5.56 Å². The zero-order valence-electron chi connectivity index (χ0n) is 16.1. The maximum atomic E-state index is 12.8. The van der Waals surface area contributed by atoms with Crippen molar-refractivity contribution in [1.82, 2.24) is 19.6 Å². The van der Waals surface area contributed by atoms with Crippen molar-refractivity contribution in [2.75, 3.05) is 5.32 Å². The van der Waals surface area contributed by atoms with E-state index >= 15 is 0 Å². The summed E-state index contributed by atoms with van der Waals surface area (Å²) in [6, 6.07) is 16.2. The van der Waals surface area contributed by atoms with Crippen molar-refractivity contribution in [1.29, 1.82) is 0 Å². The smallest absolute Gasteiger partial charge is 0.255 e. The molecule has 4 aromatic heterocycles. The van der Waals surface area contributed by atoms with Crippen LogP contribution in [0.2, 0.25) is 0 Å². The van der Waals surface area contributed by atoms with Crippen molar-refractivity contribution in [3.05, 3.63) is 101 Å². The molecule has 31 heavy (non-hydrogen) atoms. The quantitative estimate of drug-likeness (QED) is 0.423. The number of fused-ring (bicyclic) bond motifs is 1. The van der Waals surface area contributed by atoms with E-state index in [9.17, 15) is 9.59 Å². The second kappa shape index (κ2) is 7.92. The van der Waals surface area contributed by atoms with Gasteiger partial charge in [0, 0.05) is 35.4 Å². The molecule has 0 fully saturated rings. The lowest BCUT2D eigenvalue weighted by Gasteiger charge is -2.08. The van der Waals surface area contributed by atoms with Crippen LogP contribution in [0, 0.1) is 0 Å². The molecule has 5 rings (SSSR count). The first-order valence-electron chi connectivity index (χ1n) is 9.43. The van der Waals surface area contributed by atoms with Gasteiger partial charge in [0.05, 0.1) is 22.3 Å². The molecular weight excluding hydrogens is 410 g/mol. The lowest BCUT2D eigenvalue weighted by atomic mass is 10.1. The van der Waals surface area contributed by atoms with E-state index in [1.807, 2.05) is 41.8 Å². The van der Waals surface area contributed by atoms with Gasteiger partial charge in [0.1, 0.15) is 0 Å². The molecule has 0 aliphatic rings. The van der Waals surface area contributed by atoms with E-state index in [0.29, 0.717) is 33.0 Å². The number of rotatable bonds is 5. The number of amides is 1. The van der Waals surface area contributed by atoms with Crippen molar-refractivity contribution >= 4 is 34.4 Å². The molecule has 0 unspecified atom stereocenters. The lowest BCUT2D eigenvalue weighted by Crippen LogP contribution is -2.11. The molecule has 0 bridgehead atoms. The number of carbonyl (C=O) groups is 2. The van der Waals surface area contributed by atoms with Crippen molar-refractivity contribution in [3.8, 4) is 11.3 Å². The summed E-state index contributed by atoms with van der Waals surface area (Å²) in [6.45, 7) is 0. The van der Waals surface area contributed by atoms with E-state index in [1.54, 1.807) is 47.5 Å². The summed E-state index contributed by atoms with van der Waals surface area (Å²) in [7, 11) is 0. The Morgan fingerprint density at radius 2 is 1.87 bits per heavy atom. The van der Waals surface area contributed by atoms with Crippen molar-refractivity contribution in [2.45, 2.75) is 0 Å². The number of anilines is 1. The van der Waals surface area contributed by atoms with Crippen LogP contribution < -0.4 is 5.32 Å². The second-order valence-electron chi connectivity index (χ2n) is 6.72. The van der Waals surface area contributed by atoms with Crippen LogP contribution in [-0.2, 0) is 0 Å². The SMILES string of the molecule is O=C(Nc1cccc(-c2ccn3ncc(C(=O)c4cccs4)c3n2)c1)c1ccncc1. The van der Waals surface area contributed by atoms with Crippen LogP contribution >= 0.6 is 11.3 Å². The number of hydrogen-bond donors (Lipinski definition) is 1. The summed E-state index contributed by atoms with van der Waals surface area (Å²) < 4.78 is 1.58. The third-order valence-electron chi connectivity index (χ3n) is 4.72. The first-order valence-corrected chi connectivity index (χ1v) is 10.3. The minimum absolute atomic E-state index is 0.104. The van der Waals surface area contributed by atoms with Crippen molar-refractivity contribution in [2.24, 2.45) is 0 Å². The van der Waals surface area contributed by atoms with Gasteiger partial charge in [-0.1, -0.05) is 18.2 Å². The average molecular weight is 425 g/mol. The highest BCUT2D eigenvalue weighted by Crippen LogP contribution is 2.24. The molecule has 5 aromatic rings. The van der Waals surface area contributed by atoms with Gasteiger partial charge >= 0.3 is 0 Å². The van der Waals surface area contributed by atoms with E-state index in [1.165, 1.54) is 11.3 Å². The number of nitrogens with zero attached hydrogens (tertiary/aromatic N) is 4. The molecule has 0 radical (unpaired) electrons. The molecule has 150 valence electrons. The van der Waals surface area contributed by atoms with Crippen molar-refractivity contribution < 1.29 is 9.59 Å². The predicted molar refractivity (Wildman–Crippen MR) is 118 cm³/mol. The van der Waals surface area contributed by atoms with Crippen LogP contribution in [0.4, 0.5) is 5.69 Å². The fourth-order valence-corrected chi connectivity index (χ4v) is 3.87. The Kier molecular flexibility index (Phi) is 4.81. The molecule has 8 heteroatoms. The highest BCUT2D eigenvalue weighted by molar-refractivity contribution is 7.12.